The van der Waals surface area contributed by atoms with Crippen LogP contribution >= 0.6 is 0 Å². The molecule has 0 bridgehead atoms. The number of aromatic hydroxyl groups is 1. The molecule has 2 heteroatoms. The average molecular weight is 200 g/mol. The van der Waals surface area contributed by atoms with Crippen molar-refractivity contribution in [3.8, 4) is 11.5 Å². The van der Waals surface area contributed by atoms with Crippen LogP contribution in [0.4, 0.5) is 0 Å². The lowest BCUT2D eigenvalue weighted by Gasteiger charge is -2.08. The van der Waals surface area contributed by atoms with Gasteiger partial charge in [-0.25, -0.2) is 0 Å². The second-order valence-electron chi connectivity index (χ2n) is 3.43. The predicted molar refractivity (Wildman–Crippen MR) is 61.1 cm³/mol. The lowest BCUT2D eigenvalue weighted by molar-refractivity contribution is 0.435. The molecule has 0 atom stereocenters. The lowest BCUT2D eigenvalue weighted by atomic mass is 10.1. The first-order valence-corrected chi connectivity index (χ1v) is 4.72. The Morgan fingerprint density at radius 1 is 1.13 bits per heavy atom. The molecule has 0 radical (unpaired) electrons. The molecule has 0 aliphatic carbocycles. The van der Waals surface area contributed by atoms with Crippen LogP contribution in [0, 0.1) is 0 Å². The smallest absolute Gasteiger partial charge is 0.134 e. The summed E-state index contributed by atoms with van der Waals surface area (Å²) in [7, 11) is 0. The van der Waals surface area contributed by atoms with E-state index in [1.165, 1.54) is 0 Å². The molecule has 2 aromatic rings. The van der Waals surface area contributed by atoms with Crippen LogP contribution in [0.25, 0.3) is 10.8 Å². The van der Waals surface area contributed by atoms with Gasteiger partial charge in [-0.15, -0.1) is 0 Å². The summed E-state index contributed by atoms with van der Waals surface area (Å²) in [5.41, 5.74) is 0. The van der Waals surface area contributed by atoms with Gasteiger partial charge in [0.05, 0.1) is 5.76 Å². The van der Waals surface area contributed by atoms with Crippen LogP contribution in [-0.2, 0) is 0 Å². The van der Waals surface area contributed by atoms with Gasteiger partial charge in [-0.2, -0.15) is 0 Å². The van der Waals surface area contributed by atoms with Gasteiger partial charge in [0, 0.05) is 10.8 Å². The highest BCUT2D eigenvalue weighted by Crippen LogP contribution is 2.31. The highest BCUT2D eigenvalue weighted by atomic mass is 16.5. The molecule has 0 heterocycles. The molecule has 0 spiro atoms. The van der Waals surface area contributed by atoms with Crippen LogP contribution < -0.4 is 4.74 Å². The van der Waals surface area contributed by atoms with Gasteiger partial charge in [0.15, 0.2) is 0 Å². The summed E-state index contributed by atoms with van der Waals surface area (Å²) in [6, 6.07) is 10.9. The van der Waals surface area contributed by atoms with Crippen molar-refractivity contribution < 1.29 is 9.84 Å². The van der Waals surface area contributed by atoms with E-state index in [1.807, 2.05) is 24.3 Å². The Bertz CT molecular complexity index is 515. The first-order valence-electron chi connectivity index (χ1n) is 4.72. The van der Waals surface area contributed by atoms with Crippen molar-refractivity contribution in [2.24, 2.45) is 0 Å². The summed E-state index contributed by atoms with van der Waals surface area (Å²) in [5.74, 6) is 1.61. The quantitative estimate of drug-likeness (QED) is 0.752. The van der Waals surface area contributed by atoms with Crippen molar-refractivity contribution in [1.82, 2.24) is 0 Å². The van der Waals surface area contributed by atoms with Crippen molar-refractivity contribution in [2.75, 3.05) is 0 Å². The van der Waals surface area contributed by atoms with Gasteiger partial charge in [0.2, 0.25) is 0 Å². The van der Waals surface area contributed by atoms with Gasteiger partial charge in [-0.3, -0.25) is 0 Å². The first kappa shape index (κ1) is 9.59. The summed E-state index contributed by atoms with van der Waals surface area (Å²) >= 11 is 0. The van der Waals surface area contributed by atoms with E-state index in [2.05, 4.69) is 6.58 Å². The lowest BCUT2D eigenvalue weighted by Crippen LogP contribution is -1.89. The van der Waals surface area contributed by atoms with Gasteiger partial charge in [-0.05, 0) is 19.1 Å². The minimum absolute atomic E-state index is 0.264. The molecule has 2 rings (SSSR count). The summed E-state index contributed by atoms with van der Waals surface area (Å²) in [5, 5.41) is 11.3. The molecule has 0 aliphatic rings. The molecular weight excluding hydrogens is 188 g/mol. The second-order valence-corrected chi connectivity index (χ2v) is 3.43. The minimum Gasteiger partial charge on any atom is -0.507 e. The number of phenolic OH excluding ortho intramolecular Hbond substituents is 1. The number of fused-ring (bicyclic) bond motifs is 1. The number of allylic oxidation sites excluding steroid dienone is 1. The van der Waals surface area contributed by atoms with E-state index in [9.17, 15) is 5.11 Å². The Hall–Kier alpha value is -1.96. The van der Waals surface area contributed by atoms with Crippen LogP contribution in [0.1, 0.15) is 6.92 Å². The van der Waals surface area contributed by atoms with Gasteiger partial charge in [0.25, 0.3) is 0 Å². The fraction of sp³-hybridized carbons (Fsp3) is 0.0769. The molecule has 15 heavy (non-hydrogen) atoms. The highest BCUT2D eigenvalue weighted by Gasteiger charge is 2.04. The molecule has 1 N–H and O–H groups in total. The molecule has 0 aliphatic heterocycles. The fourth-order valence-electron chi connectivity index (χ4n) is 1.54. The van der Waals surface area contributed by atoms with Gasteiger partial charge in [-0.1, -0.05) is 30.8 Å². The number of ether oxygens (including phenoxy) is 1. The number of hydrogen-bond acceptors (Lipinski definition) is 2. The van der Waals surface area contributed by atoms with Crippen LogP contribution in [0.15, 0.2) is 48.7 Å². The zero-order valence-electron chi connectivity index (χ0n) is 8.53. The van der Waals surface area contributed by atoms with E-state index in [4.69, 9.17) is 4.74 Å². The molecule has 0 amide bonds. The van der Waals surface area contributed by atoms with Crippen LogP contribution in [0.3, 0.4) is 0 Å². The van der Waals surface area contributed by atoms with E-state index in [1.54, 1.807) is 19.1 Å². The van der Waals surface area contributed by atoms with Crippen LogP contribution in [-0.4, -0.2) is 5.11 Å². The predicted octanol–water partition coefficient (Wildman–Crippen LogP) is 3.46. The third-order valence-electron chi connectivity index (χ3n) is 2.14. The van der Waals surface area contributed by atoms with Gasteiger partial charge in [0.1, 0.15) is 11.5 Å². The number of hydrogen-bond donors (Lipinski definition) is 1. The van der Waals surface area contributed by atoms with E-state index < -0.39 is 0 Å². The molecule has 2 nitrogen and oxygen atoms in total. The van der Waals surface area contributed by atoms with Gasteiger partial charge >= 0.3 is 0 Å². The van der Waals surface area contributed by atoms with Crippen molar-refractivity contribution in [3.63, 3.8) is 0 Å². The first-order chi connectivity index (χ1) is 7.18. The van der Waals surface area contributed by atoms with Crippen molar-refractivity contribution in [2.45, 2.75) is 6.92 Å². The molecule has 76 valence electrons. The van der Waals surface area contributed by atoms with Crippen molar-refractivity contribution >= 4 is 10.8 Å². The summed E-state index contributed by atoms with van der Waals surface area (Å²) in [6.45, 7) is 5.49. The molecular formula is C13H12O2. The Morgan fingerprint density at radius 2 is 1.80 bits per heavy atom. The maximum absolute atomic E-state index is 9.65. The maximum atomic E-state index is 9.65. The van der Waals surface area contributed by atoms with Crippen LogP contribution in [0.2, 0.25) is 0 Å². The number of phenols is 1. The third kappa shape index (κ3) is 1.79. The molecule has 0 unspecified atom stereocenters. The monoisotopic (exact) mass is 200 g/mol. The standard InChI is InChI=1S/C13H12O2/c1-9(2)15-13-8-4-5-10-11(13)6-3-7-12(10)14/h3-8,14H,1H2,2H3. The van der Waals surface area contributed by atoms with E-state index in [0.29, 0.717) is 5.76 Å². The molecule has 0 aromatic heterocycles. The Kier molecular flexibility index (Phi) is 2.34. The van der Waals surface area contributed by atoms with Gasteiger partial charge < -0.3 is 9.84 Å². The minimum atomic E-state index is 0.264. The molecule has 2 aromatic carbocycles. The summed E-state index contributed by atoms with van der Waals surface area (Å²) in [4.78, 5) is 0. The van der Waals surface area contributed by atoms with E-state index in [0.717, 1.165) is 16.5 Å². The summed E-state index contributed by atoms with van der Waals surface area (Å²) in [6.07, 6.45) is 0. The SMILES string of the molecule is C=C(C)Oc1cccc2c(O)cccc12. The fourth-order valence-corrected chi connectivity index (χ4v) is 1.54. The van der Waals surface area contributed by atoms with E-state index >= 15 is 0 Å². The third-order valence-corrected chi connectivity index (χ3v) is 2.14. The Labute approximate surface area is 88.4 Å². The Morgan fingerprint density at radius 3 is 2.53 bits per heavy atom. The van der Waals surface area contributed by atoms with Crippen molar-refractivity contribution in [3.05, 3.63) is 48.7 Å². The average Bonchev–Trinajstić information content (AvgIpc) is 2.19. The zero-order chi connectivity index (χ0) is 10.8. The maximum Gasteiger partial charge on any atom is 0.134 e. The van der Waals surface area contributed by atoms with E-state index in [-0.39, 0.29) is 5.75 Å². The molecule has 0 saturated carbocycles. The largest absolute Gasteiger partial charge is 0.507 e. The topological polar surface area (TPSA) is 29.5 Å². The van der Waals surface area contributed by atoms with Crippen molar-refractivity contribution in [1.29, 1.82) is 0 Å². The number of benzene rings is 2. The zero-order valence-corrected chi connectivity index (χ0v) is 8.53. The second kappa shape index (κ2) is 3.65. The van der Waals surface area contributed by atoms with Crippen LogP contribution in [0.5, 0.6) is 11.5 Å². The normalized spacial score (nSPS) is 10.2. The molecule has 0 fully saturated rings. The molecule has 0 saturated heterocycles. The highest BCUT2D eigenvalue weighted by molar-refractivity contribution is 5.92. The summed E-state index contributed by atoms with van der Waals surface area (Å²) < 4.78 is 5.48. The Balaban J connectivity index is 2.65. The number of rotatable bonds is 2.